The van der Waals surface area contributed by atoms with E-state index in [1.165, 1.54) is 0 Å². The largest absolute Gasteiger partial charge is 0.344 e. The van der Waals surface area contributed by atoms with Crippen LogP contribution in [-0.4, -0.2) is 47.4 Å². The summed E-state index contributed by atoms with van der Waals surface area (Å²) in [4.78, 5) is 25.4. The van der Waals surface area contributed by atoms with E-state index in [1.54, 1.807) is 11.8 Å². The van der Waals surface area contributed by atoms with Gasteiger partial charge in [-0.05, 0) is 19.1 Å². The Morgan fingerprint density at radius 2 is 2.24 bits per heavy atom. The average molecular weight is 258 g/mol. The molecule has 0 spiro atoms. The molecule has 1 rings (SSSR count). The standard InChI is InChI=1S/C12H22N2O2S/c1-4-10-12(16)14(7-5-9(2)17-3)8-6-11(15)13-10/h9-10H,4-8H2,1-3H3,(H,13,15). The van der Waals surface area contributed by atoms with Crippen molar-refractivity contribution in [3.05, 3.63) is 0 Å². The van der Waals surface area contributed by atoms with Gasteiger partial charge in [0.05, 0.1) is 0 Å². The highest BCUT2D eigenvalue weighted by Crippen LogP contribution is 2.13. The van der Waals surface area contributed by atoms with Gasteiger partial charge in [0.1, 0.15) is 6.04 Å². The molecular formula is C12H22N2O2S. The van der Waals surface area contributed by atoms with Gasteiger partial charge < -0.3 is 10.2 Å². The van der Waals surface area contributed by atoms with Crippen LogP contribution in [0, 0.1) is 0 Å². The van der Waals surface area contributed by atoms with E-state index in [9.17, 15) is 9.59 Å². The predicted molar refractivity (Wildman–Crippen MR) is 71.0 cm³/mol. The van der Waals surface area contributed by atoms with Crippen LogP contribution in [0.25, 0.3) is 0 Å². The Hall–Kier alpha value is -0.710. The van der Waals surface area contributed by atoms with Crippen molar-refractivity contribution in [2.24, 2.45) is 0 Å². The van der Waals surface area contributed by atoms with Crippen molar-refractivity contribution in [3.63, 3.8) is 0 Å². The van der Waals surface area contributed by atoms with E-state index in [0.29, 0.717) is 24.6 Å². The summed E-state index contributed by atoms with van der Waals surface area (Å²) in [7, 11) is 0. The maximum Gasteiger partial charge on any atom is 0.245 e. The molecule has 1 aliphatic heterocycles. The van der Waals surface area contributed by atoms with Gasteiger partial charge in [-0.1, -0.05) is 13.8 Å². The smallest absolute Gasteiger partial charge is 0.245 e. The van der Waals surface area contributed by atoms with E-state index in [1.807, 2.05) is 11.8 Å². The van der Waals surface area contributed by atoms with Crippen molar-refractivity contribution in [1.82, 2.24) is 10.2 Å². The lowest BCUT2D eigenvalue weighted by Gasteiger charge is -2.24. The summed E-state index contributed by atoms with van der Waals surface area (Å²) in [6.45, 7) is 5.40. The number of nitrogens with zero attached hydrogens (tertiary/aromatic N) is 1. The number of thioether (sulfide) groups is 1. The Labute approximate surface area is 108 Å². The van der Waals surface area contributed by atoms with Crippen LogP contribution in [0.1, 0.15) is 33.1 Å². The van der Waals surface area contributed by atoms with Crippen molar-refractivity contribution < 1.29 is 9.59 Å². The Morgan fingerprint density at radius 3 is 2.82 bits per heavy atom. The number of carbonyl (C=O) groups is 2. The van der Waals surface area contributed by atoms with Gasteiger partial charge in [-0.2, -0.15) is 11.8 Å². The third-order valence-electron chi connectivity index (χ3n) is 3.17. The number of rotatable bonds is 5. The zero-order valence-corrected chi connectivity index (χ0v) is 11.7. The molecule has 2 unspecified atom stereocenters. The molecule has 98 valence electrons. The van der Waals surface area contributed by atoms with Gasteiger partial charge in [0, 0.05) is 24.8 Å². The van der Waals surface area contributed by atoms with E-state index in [0.717, 1.165) is 13.0 Å². The fourth-order valence-corrected chi connectivity index (χ4v) is 2.19. The minimum absolute atomic E-state index is 0.00869. The lowest BCUT2D eigenvalue weighted by Crippen LogP contribution is -2.44. The van der Waals surface area contributed by atoms with Crippen LogP contribution < -0.4 is 5.32 Å². The Bertz CT molecular complexity index is 284. The summed E-state index contributed by atoms with van der Waals surface area (Å²) in [6, 6.07) is -0.324. The summed E-state index contributed by atoms with van der Waals surface area (Å²) in [5.41, 5.74) is 0. The van der Waals surface area contributed by atoms with Gasteiger partial charge in [-0.15, -0.1) is 0 Å². The normalized spacial score (nSPS) is 23.2. The molecule has 0 aliphatic carbocycles. The lowest BCUT2D eigenvalue weighted by atomic mass is 10.2. The van der Waals surface area contributed by atoms with Crippen LogP contribution >= 0.6 is 11.8 Å². The van der Waals surface area contributed by atoms with Crippen LogP contribution in [0.4, 0.5) is 0 Å². The van der Waals surface area contributed by atoms with Crippen LogP contribution in [0.5, 0.6) is 0 Å². The highest BCUT2D eigenvalue weighted by atomic mass is 32.2. The van der Waals surface area contributed by atoms with Crippen LogP contribution in [0.3, 0.4) is 0 Å². The SMILES string of the molecule is CCC1NC(=O)CCN(CCC(C)SC)C1=O. The minimum Gasteiger partial charge on any atom is -0.344 e. The Balaban J connectivity index is 2.57. The van der Waals surface area contributed by atoms with E-state index in [2.05, 4.69) is 18.5 Å². The molecule has 1 N–H and O–H groups in total. The topological polar surface area (TPSA) is 49.4 Å². The van der Waals surface area contributed by atoms with Crippen molar-refractivity contribution in [2.75, 3.05) is 19.3 Å². The molecule has 1 saturated heterocycles. The average Bonchev–Trinajstić information content (AvgIpc) is 2.47. The second-order valence-electron chi connectivity index (χ2n) is 4.44. The first-order chi connectivity index (χ1) is 8.08. The van der Waals surface area contributed by atoms with E-state index >= 15 is 0 Å². The molecule has 1 aliphatic rings. The summed E-state index contributed by atoms with van der Waals surface area (Å²) in [6.07, 6.45) is 4.15. The van der Waals surface area contributed by atoms with E-state index < -0.39 is 0 Å². The molecule has 4 nitrogen and oxygen atoms in total. The van der Waals surface area contributed by atoms with Gasteiger partial charge in [-0.3, -0.25) is 9.59 Å². The second-order valence-corrected chi connectivity index (χ2v) is 5.71. The van der Waals surface area contributed by atoms with Crippen LogP contribution in [0.2, 0.25) is 0 Å². The number of nitrogens with one attached hydrogen (secondary N) is 1. The first-order valence-corrected chi connectivity index (χ1v) is 7.48. The van der Waals surface area contributed by atoms with Crippen molar-refractivity contribution in [1.29, 1.82) is 0 Å². The number of amides is 2. The molecule has 1 heterocycles. The summed E-state index contributed by atoms with van der Waals surface area (Å²) >= 11 is 1.81. The minimum atomic E-state index is -0.324. The third kappa shape index (κ3) is 4.22. The zero-order chi connectivity index (χ0) is 12.8. The molecule has 1 fully saturated rings. The zero-order valence-electron chi connectivity index (χ0n) is 10.9. The van der Waals surface area contributed by atoms with Gasteiger partial charge in [0.2, 0.25) is 11.8 Å². The van der Waals surface area contributed by atoms with E-state index in [-0.39, 0.29) is 17.9 Å². The number of carbonyl (C=O) groups excluding carboxylic acids is 2. The first-order valence-electron chi connectivity index (χ1n) is 6.19. The van der Waals surface area contributed by atoms with Crippen LogP contribution in [-0.2, 0) is 9.59 Å². The highest BCUT2D eigenvalue weighted by Gasteiger charge is 2.28. The first kappa shape index (κ1) is 14.4. The van der Waals surface area contributed by atoms with Crippen molar-refractivity contribution >= 4 is 23.6 Å². The molecule has 17 heavy (non-hydrogen) atoms. The molecule has 2 atom stereocenters. The molecular weight excluding hydrogens is 236 g/mol. The fraction of sp³-hybridized carbons (Fsp3) is 0.833. The molecule has 2 amide bonds. The van der Waals surface area contributed by atoms with Crippen molar-refractivity contribution in [3.8, 4) is 0 Å². The monoisotopic (exact) mass is 258 g/mol. The fourth-order valence-electron chi connectivity index (χ4n) is 1.85. The predicted octanol–water partition coefficient (Wildman–Crippen LogP) is 1.26. The molecule has 0 saturated carbocycles. The molecule has 0 aromatic heterocycles. The molecule has 0 aromatic carbocycles. The summed E-state index contributed by atoms with van der Waals surface area (Å²) in [5.74, 6) is 0.0669. The van der Waals surface area contributed by atoms with Gasteiger partial charge in [0.15, 0.2) is 0 Å². The molecule has 0 bridgehead atoms. The maximum absolute atomic E-state index is 12.1. The Kier molecular flexibility index (Phi) is 5.82. The third-order valence-corrected chi connectivity index (χ3v) is 4.21. The second kappa shape index (κ2) is 6.89. The van der Waals surface area contributed by atoms with Gasteiger partial charge in [0.25, 0.3) is 0 Å². The van der Waals surface area contributed by atoms with Gasteiger partial charge in [-0.25, -0.2) is 0 Å². The van der Waals surface area contributed by atoms with E-state index in [4.69, 9.17) is 0 Å². The highest BCUT2D eigenvalue weighted by molar-refractivity contribution is 7.99. The molecule has 0 aromatic rings. The van der Waals surface area contributed by atoms with Crippen LogP contribution in [0.15, 0.2) is 0 Å². The lowest BCUT2D eigenvalue weighted by molar-refractivity contribution is -0.133. The Morgan fingerprint density at radius 1 is 1.53 bits per heavy atom. The number of hydrogen-bond donors (Lipinski definition) is 1. The molecule has 5 heteroatoms. The quantitative estimate of drug-likeness (QED) is 0.807. The summed E-state index contributed by atoms with van der Waals surface area (Å²) < 4.78 is 0. The summed E-state index contributed by atoms with van der Waals surface area (Å²) in [5, 5.41) is 3.33. The van der Waals surface area contributed by atoms with Crippen molar-refractivity contribution in [2.45, 2.75) is 44.4 Å². The van der Waals surface area contributed by atoms with Gasteiger partial charge >= 0.3 is 0 Å². The maximum atomic E-state index is 12.1. The molecule has 0 radical (unpaired) electrons. The number of hydrogen-bond acceptors (Lipinski definition) is 3.